The smallest absolute Gasteiger partial charge is 0.244 e. The first-order chi connectivity index (χ1) is 9.17. The Kier molecular flexibility index (Phi) is 4.27. The van der Waals surface area contributed by atoms with Gasteiger partial charge in [-0.3, -0.25) is 9.89 Å². The van der Waals surface area contributed by atoms with E-state index in [4.69, 9.17) is 10.5 Å². The van der Waals surface area contributed by atoms with Gasteiger partial charge in [-0.05, 0) is 31.0 Å². The summed E-state index contributed by atoms with van der Waals surface area (Å²) in [4.78, 5) is 12.2. The number of fused-ring (bicyclic) bond motifs is 1. The minimum Gasteiger partial charge on any atom is -0.381 e. The molecule has 0 unspecified atom stereocenters. The van der Waals surface area contributed by atoms with Crippen molar-refractivity contribution in [3.05, 3.63) is 24.4 Å². The SMILES string of the molecule is Cl.NC1(C(=O)Nc2ccc3cn[nH]c3c2)CCOCC1. The summed E-state index contributed by atoms with van der Waals surface area (Å²) in [6.45, 7) is 1.06. The average Bonchev–Trinajstić information content (AvgIpc) is 2.87. The third-order valence-electron chi connectivity index (χ3n) is 3.54. The zero-order valence-corrected chi connectivity index (χ0v) is 11.7. The molecule has 1 aliphatic rings. The van der Waals surface area contributed by atoms with Gasteiger partial charge < -0.3 is 15.8 Å². The molecule has 1 aliphatic heterocycles. The van der Waals surface area contributed by atoms with E-state index in [0.717, 1.165) is 16.6 Å². The van der Waals surface area contributed by atoms with Crippen molar-refractivity contribution in [2.45, 2.75) is 18.4 Å². The first kappa shape index (κ1) is 14.8. The Morgan fingerprint density at radius 1 is 1.40 bits per heavy atom. The highest BCUT2D eigenvalue weighted by Crippen LogP contribution is 2.22. The van der Waals surface area contributed by atoms with Crippen molar-refractivity contribution in [3.8, 4) is 0 Å². The number of hydrogen-bond acceptors (Lipinski definition) is 4. The van der Waals surface area contributed by atoms with Crippen molar-refractivity contribution < 1.29 is 9.53 Å². The van der Waals surface area contributed by atoms with Gasteiger partial charge in [0.1, 0.15) is 5.54 Å². The van der Waals surface area contributed by atoms with Gasteiger partial charge in [-0.2, -0.15) is 5.10 Å². The van der Waals surface area contributed by atoms with Crippen molar-refractivity contribution in [2.75, 3.05) is 18.5 Å². The summed E-state index contributed by atoms with van der Waals surface area (Å²) in [5, 5.41) is 10.7. The molecule has 0 bridgehead atoms. The standard InChI is InChI=1S/C13H16N4O2.ClH/c14-13(3-5-19-6-4-13)12(18)16-10-2-1-9-8-15-17-11(9)7-10;/h1-2,7-8H,3-6,14H2,(H,15,17)(H,16,18);1H. The third-order valence-corrected chi connectivity index (χ3v) is 3.54. The Balaban J connectivity index is 0.00000147. The number of amides is 1. The van der Waals surface area contributed by atoms with Crippen LogP contribution >= 0.6 is 12.4 Å². The average molecular weight is 297 g/mol. The molecule has 0 radical (unpaired) electrons. The number of anilines is 1. The number of hydrogen-bond donors (Lipinski definition) is 3. The number of rotatable bonds is 2. The maximum Gasteiger partial charge on any atom is 0.244 e. The summed E-state index contributed by atoms with van der Waals surface area (Å²) < 4.78 is 5.24. The van der Waals surface area contributed by atoms with E-state index in [-0.39, 0.29) is 18.3 Å². The van der Waals surface area contributed by atoms with Crippen molar-refractivity contribution in [3.63, 3.8) is 0 Å². The van der Waals surface area contributed by atoms with E-state index in [1.807, 2.05) is 18.2 Å². The van der Waals surface area contributed by atoms with Crippen LogP contribution in [0.4, 0.5) is 5.69 Å². The summed E-state index contributed by atoms with van der Waals surface area (Å²) in [6.07, 6.45) is 2.83. The Morgan fingerprint density at radius 3 is 2.90 bits per heavy atom. The van der Waals surface area contributed by atoms with Crippen LogP contribution in [0, 0.1) is 0 Å². The predicted octanol–water partition coefficient (Wildman–Crippen LogP) is 1.43. The highest BCUT2D eigenvalue weighted by molar-refractivity contribution is 5.99. The molecule has 0 saturated carbocycles. The van der Waals surface area contributed by atoms with Crippen molar-refractivity contribution in [1.82, 2.24) is 10.2 Å². The molecule has 20 heavy (non-hydrogen) atoms. The van der Waals surface area contributed by atoms with Gasteiger partial charge in [0.05, 0.1) is 11.7 Å². The van der Waals surface area contributed by atoms with Crippen LogP contribution in [0.3, 0.4) is 0 Å². The lowest BCUT2D eigenvalue weighted by Gasteiger charge is -2.31. The van der Waals surface area contributed by atoms with E-state index in [0.29, 0.717) is 26.1 Å². The Bertz CT molecular complexity index is 607. The number of halogens is 1. The second-order valence-electron chi connectivity index (χ2n) is 4.89. The maximum absolute atomic E-state index is 12.2. The largest absolute Gasteiger partial charge is 0.381 e. The minimum absolute atomic E-state index is 0. The van der Waals surface area contributed by atoms with Crippen molar-refractivity contribution >= 4 is 34.9 Å². The number of nitrogens with zero attached hydrogens (tertiary/aromatic N) is 1. The minimum atomic E-state index is -0.832. The number of benzene rings is 1. The number of H-pyrrole nitrogens is 1. The second-order valence-corrected chi connectivity index (χ2v) is 4.89. The first-order valence-electron chi connectivity index (χ1n) is 6.29. The molecule has 0 atom stereocenters. The van der Waals surface area contributed by atoms with Crippen molar-refractivity contribution in [1.29, 1.82) is 0 Å². The molecule has 0 spiro atoms. The zero-order valence-electron chi connectivity index (χ0n) is 10.9. The number of nitrogens with two attached hydrogens (primary N) is 1. The molecule has 2 heterocycles. The van der Waals surface area contributed by atoms with E-state index in [9.17, 15) is 4.79 Å². The zero-order chi connectivity index (χ0) is 13.3. The summed E-state index contributed by atoms with van der Waals surface area (Å²) in [7, 11) is 0. The summed E-state index contributed by atoms with van der Waals surface area (Å²) >= 11 is 0. The molecule has 1 aromatic heterocycles. The van der Waals surface area contributed by atoms with E-state index < -0.39 is 5.54 Å². The van der Waals surface area contributed by atoms with Gasteiger partial charge in [0.2, 0.25) is 5.91 Å². The fraction of sp³-hybridized carbons (Fsp3) is 0.385. The molecule has 1 saturated heterocycles. The van der Waals surface area contributed by atoms with Crippen molar-refractivity contribution in [2.24, 2.45) is 5.73 Å². The Labute approximate surface area is 122 Å². The van der Waals surface area contributed by atoms with Gasteiger partial charge in [0, 0.05) is 24.3 Å². The van der Waals surface area contributed by atoms with E-state index >= 15 is 0 Å². The predicted molar refractivity (Wildman–Crippen MR) is 78.9 cm³/mol. The van der Waals surface area contributed by atoms with Crippen LogP contribution in [0.5, 0.6) is 0 Å². The Morgan fingerprint density at radius 2 is 2.15 bits per heavy atom. The van der Waals surface area contributed by atoms with Crippen LogP contribution < -0.4 is 11.1 Å². The molecule has 2 aromatic rings. The number of carbonyl (C=O) groups is 1. The van der Waals surface area contributed by atoms with E-state index in [1.54, 1.807) is 6.20 Å². The van der Waals surface area contributed by atoms with Gasteiger partial charge in [-0.25, -0.2) is 0 Å². The van der Waals surface area contributed by atoms with Crippen LogP contribution in [0.15, 0.2) is 24.4 Å². The molecule has 4 N–H and O–H groups in total. The second kappa shape index (κ2) is 5.78. The summed E-state index contributed by atoms with van der Waals surface area (Å²) in [5.41, 5.74) is 6.90. The topological polar surface area (TPSA) is 93.0 Å². The van der Waals surface area contributed by atoms with Gasteiger partial charge in [-0.1, -0.05) is 0 Å². The number of ether oxygens (including phenoxy) is 1. The fourth-order valence-corrected chi connectivity index (χ4v) is 2.23. The van der Waals surface area contributed by atoms with Crippen LogP contribution in [-0.4, -0.2) is 34.9 Å². The number of nitrogens with one attached hydrogen (secondary N) is 2. The highest BCUT2D eigenvalue weighted by Gasteiger charge is 2.35. The Hall–Kier alpha value is -1.63. The quantitative estimate of drug-likeness (QED) is 0.781. The lowest BCUT2D eigenvalue weighted by atomic mass is 9.90. The lowest BCUT2D eigenvalue weighted by Crippen LogP contribution is -2.54. The number of aromatic nitrogens is 2. The van der Waals surface area contributed by atoms with Gasteiger partial charge >= 0.3 is 0 Å². The molecule has 1 aromatic carbocycles. The number of carbonyl (C=O) groups excluding carboxylic acids is 1. The molecule has 108 valence electrons. The lowest BCUT2D eigenvalue weighted by molar-refractivity contribution is -0.124. The molecule has 1 amide bonds. The molecule has 6 nitrogen and oxygen atoms in total. The van der Waals surface area contributed by atoms with E-state index in [1.165, 1.54) is 0 Å². The molecule has 3 rings (SSSR count). The van der Waals surface area contributed by atoms with Gasteiger partial charge in [0.25, 0.3) is 0 Å². The van der Waals surface area contributed by atoms with Crippen LogP contribution in [-0.2, 0) is 9.53 Å². The molecule has 1 fully saturated rings. The first-order valence-corrected chi connectivity index (χ1v) is 6.29. The normalized spacial score (nSPS) is 17.4. The van der Waals surface area contributed by atoms with Gasteiger partial charge in [0.15, 0.2) is 0 Å². The van der Waals surface area contributed by atoms with Crippen LogP contribution in [0.1, 0.15) is 12.8 Å². The third kappa shape index (κ3) is 2.77. The van der Waals surface area contributed by atoms with Crippen LogP contribution in [0.2, 0.25) is 0 Å². The highest BCUT2D eigenvalue weighted by atomic mass is 35.5. The summed E-state index contributed by atoms with van der Waals surface area (Å²) in [5.74, 6) is -0.158. The summed E-state index contributed by atoms with van der Waals surface area (Å²) in [6, 6.07) is 5.60. The van der Waals surface area contributed by atoms with E-state index in [2.05, 4.69) is 15.5 Å². The number of aromatic amines is 1. The fourth-order valence-electron chi connectivity index (χ4n) is 2.23. The van der Waals surface area contributed by atoms with Gasteiger partial charge in [-0.15, -0.1) is 12.4 Å². The molecular weight excluding hydrogens is 280 g/mol. The molecule has 7 heteroatoms. The van der Waals surface area contributed by atoms with Crippen LogP contribution in [0.25, 0.3) is 10.9 Å². The monoisotopic (exact) mass is 296 g/mol. The molecule has 0 aliphatic carbocycles. The maximum atomic E-state index is 12.2. The molecular formula is C13H17ClN4O2.